The van der Waals surface area contributed by atoms with E-state index in [9.17, 15) is 0 Å². The van der Waals surface area contributed by atoms with Gasteiger partial charge in [-0.25, -0.2) is 9.97 Å². The van der Waals surface area contributed by atoms with E-state index in [0.29, 0.717) is 5.92 Å². The average molecular weight is 293 g/mol. The van der Waals surface area contributed by atoms with Crippen molar-refractivity contribution in [2.45, 2.75) is 60.0 Å². The predicted octanol–water partition coefficient (Wildman–Crippen LogP) is 3.10. The molecule has 1 unspecified atom stereocenters. The fourth-order valence-electron chi connectivity index (χ4n) is 2.37. The molecule has 1 aromatic rings. The van der Waals surface area contributed by atoms with E-state index in [1.807, 2.05) is 6.92 Å². The number of hydrogen-bond donors (Lipinski definition) is 1. The Morgan fingerprint density at radius 1 is 1.05 bits per heavy atom. The van der Waals surface area contributed by atoms with Crippen molar-refractivity contribution in [2.75, 3.05) is 20.2 Å². The van der Waals surface area contributed by atoms with Crippen LogP contribution in [-0.4, -0.2) is 30.2 Å². The summed E-state index contributed by atoms with van der Waals surface area (Å²) in [5.74, 6) is 1.49. The van der Waals surface area contributed by atoms with Crippen molar-refractivity contribution >= 4 is 0 Å². The summed E-state index contributed by atoms with van der Waals surface area (Å²) in [4.78, 5) is 9.44. The summed E-state index contributed by atoms with van der Waals surface area (Å²) in [6, 6.07) is 0. The van der Waals surface area contributed by atoms with E-state index in [2.05, 4.69) is 33.0 Å². The van der Waals surface area contributed by atoms with Crippen LogP contribution < -0.4 is 5.32 Å². The summed E-state index contributed by atoms with van der Waals surface area (Å²) in [5, 5.41) is 3.50. The van der Waals surface area contributed by atoms with E-state index in [1.54, 1.807) is 7.11 Å². The highest BCUT2D eigenvalue weighted by Crippen LogP contribution is 2.19. The first-order chi connectivity index (χ1) is 10.0. The molecule has 4 nitrogen and oxygen atoms in total. The van der Waals surface area contributed by atoms with E-state index in [1.165, 1.54) is 17.0 Å². The molecule has 0 radical (unpaired) electrons. The van der Waals surface area contributed by atoms with Gasteiger partial charge in [0.05, 0.1) is 0 Å². The van der Waals surface area contributed by atoms with Crippen molar-refractivity contribution in [3.63, 3.8) is 0 Å². The lowest BCUT2D eigenvalue weighted by molar-refractivity contribution is 0.111. The normalized spacial score (nSPS) is 12.9. The number of rotatable bonds is 9. The summed E-state index contributed by atoms with van der Waals surface area (Å²) >= 11 is 0. The summed E-state index contributed by atoms with van der Waals surface area (Å²) in [6.07, 6.45) is 2.84. The van der Waals surface area contributed by atoms with Crippen molar-refractivity contribution in [1.29, 1.82) is 0 Å². The summed E-state index contributed by atoms with van der Waals surface area (Å²) in [5.41, 5.74) is 3.67. The zero-order valence-electron chi connectivity index (χ0n) is 14.5. The fourth-order valence-corrected chi connectivity index (χ4v) is 2.37. The molecule has 0 spiro atoms. The van der Waals surface area contributed by atoms with Crippen LogP contribution in [0.3, 0.4) is 0 Å². The lowest BCUT2D eigenvalue weighted by Crippen LogP contribution is -2.23. The van der Waals surface area contributed by atoms with Crippen LogP contribution in [0.2, 0.25) is 0 Å². The molecule has 0 amide bonds. The second-order valence-electron chi connectivity index (χ2n) is 5.89. The monoisotopic (exact) mass is 293 g/mol. The minimum Gasteiger partial charge on any atom is -0.374 e. The Morgan fingerprint density at radius 3 is 2.05 bits per heavy atom. The third-order valence-corrected chi connectivity index (χ3v) is 3.69. The first-order valence-electron chi connectivity index (χ1n) is 8.15. The lowest BCUT2D eigenvalue weighted by Gasteiger charge is -2.17. The smallest absolute Gasteiger partial charge is 0.157 e. The van der Waals surface area contributed by atoms with E-state index in [-0.39, 0.29) is 6.10 Å². The van der Waals surface area contributed by atoms with Crippen LogP contribution in [0.15, 0.2) is 0 Å². The van der Waals surface area contributed by atoms with Gasteiger partial charge in [-0.05, 0) is 50.8 Å². The Labute approximate surface area is 129 Å². The molecule has 0 aliphatic carbocycles. The van der Waals surface area contributed by atoms with Crippen LogP contribution in [0.5, 0.6) is 0 Å². The maximum atomic E-state index is 5.36. The van der Waals surface area contributed by atoms with Crippen molar-refractivity contribution < 1.29 is 4.74 Å². The van der Waals surface area contributed by atoms with Crippen LogP contribution in [-0.2, 0) is 24.0 Å². The maximum Gasteiger partial charge on any atom is 0.157 e. The number of aryl methyl sites for hydroxylation is 2. The summed E-state index contributed by atoms with van der Waals surface area (Å²) in [7, 11) is 1.70. The third-order valence-electron chi connectivity index (χ3n) is 3.69. The first-order valence-corrected chi connectivity index (χ1v) is 8.15. The molecular formula is C17H31N3O. The topological polar surface area (TPSA) is 47.0 Å². The molecule has 120 valence electrons. The van der Waals surface area contributed by atoms with Crippen LogP contribution in [0.4, 0.5) is 0 Å². The molecule has 1 heterocycles. The van der Waals surface area contributed by atoms with Crippen molar-refractivity contribution in [1.82, 2.24) is 15.3 Å². The maximum absolute atomic E-state index is 5.36. The number of hydrogen-bond acceptors (Lipinski definition) is 4. The van der Waals surface area contributed by atoms with E-state index in [0.717, 1.165) is 38.2 Å². The van der Waals surface area contributed by atoms with E-state index in [4.69, 9.17) is 14.7 Å². The molecule has 0 aliphatic heterocycles. The number of ether oxygens (including phenoxy) is 1. The Kier molecular flexibility index (Phi) is 7.83. The molecule has 1 rings (SSSR count). The Morgan fingerprint density at radius 2 is 1.62 bits per heavy atom. The van der Waals surface area contributed by atoms with Crippen LogP contribution in [0.25, 0.3) is 0 Å². The van der Waals surface area contributed by atoms with Gasteiger partial charge in [0, 0.05) is 18.5 Å². The van der Waals surface area contributed by atoms with Gasteiger partial charge >= 0.3 is 0 Å². The highest BCUT2D eigenvalue weighted by Gasteiger charge is 2.15. The number of nitrogens with one attached hydrogen (secondary N) is 1. The van der Waals surface area contributed by atoms with Crippen molar-refractivity contribution in [3.05, 3.63) is 22.8 Å². The largest absolute Gasteiger partial charge is 0.374 e. The minimum absolute atomic E-state index is 0.0475. The van der Waals surface area contributed by atoms with Gasteiger partial charge in [0.1, 0.15) is 6.10 Å². The van der Waals surface area contributed by atoms with Gasteiger partial charge in [0.2, 0.25) is 0 Å². The molecule has 21 heavy (non-hydrogen) atoms. The molecule has 1 aromatic heterocycles. The minimum atomic E-state index is -0.0475. The van der Waals surface area contributed by atoms with Crippen LogP contribution in [0.1, 0.15) is 63.5 Å². The van der Waals surface area contributed by atoms with Crippen molar-refractivity contribution in [3.8, 4) is 0 Å². The van der Waals surface area contributed by atoms with Crippen LogP contribution >= 0.6 is 0 Å². The van der Waals surface area contributed by atoms with Gasteiger partial charge in [0.15, 0.2) is 5.82 Å². The molecule has 0 aliphatic rings. The van der Waals surface area contributed by atoms with Gasteiger partial charge < -0.3 is 10.1 Å². The highest BCUT2D eigenvalue weighted by atomic mass is 16.5. The Hall–Kier alpha value is -1.00. The standard InChI is InChI=1S/C17H31N3O/c1-7-15-14(9-10-18-11-12(3)4)16(8-2)20-17(19-15)13(5)21-6/h12-13,18H,7-11H2,1-6H3. The molecule has 0 bridgehead atoms. The number of nitrogens with zero attached hydrogens (tertiary/aromatic N) is 2. The number of methoxy groups -OCH3 is 1. The van der Waals surface area contributed by atoms with Gasteiger partial charge in [-0.15, -0.1) is 0 Å². The number of aromatic nitrogens is 2. The molecule has 0 fully saturated rings. The summed E-state index contributed by atoms with van der Waals surface area (Å²) < 4.78 is 5.36. The molecule has 1 N–H and O–H groups in total. The second-order valence-corrected chi connectivity index (χ2v) is 5.89. The van der Waals surface area contributed by atoms with Crippen LogP contribution in [0, 0.1) is 5.92 Å². The van der Waals surface area contributed by atoms with Gasteiger partial charge in [-0.3, -0.25) is 0 Å². The van der Waals surface area contributed by atoms with Gasteiger partial charge in [-0.1, -0.05) is 27.7 Å². The lowest BCUT2D eigenvalue weighted by atomic mass is 10.0. The Balaban J connectivity index is 2.90. The molecule has 0 saturated heterocycles. The third kappa shape index (κ3) is 5.36. The fraction of sp³-hybridized carbons (Fsp3) is 0.765. The van der Waals surface area contributed by atoms with E-state index >= 15 is 0 Å². The SMILES string of the molecule is CCc1nc(C(C)OC)nc(CC)c1CCNCC(C)C. The highest BCUT2D eigenvalue weighted by molar-refractivity contribution is 5.27. The quantitative estimate of drug-likeness (QED) is 0.711. The molecule has 0 aromatic carbocycles. The zero-order chi connectivity index (χ0) is 15.8. The molecule has 1 atom stereocenters. The average Bonchev–Trinajstić information content (AvgIpc) is 2.49. The predicted molar refractivity (Wildman–Crippen MR) is 87.6 cm³/mol. The van der Waals surface area contributed by atoms with Gasteiger partial charge in [0.25, 0.3) is 0 Å². The second kappa shape index (κ2) is 9.11. The molecule has 0 saturated carbocycles. The first kappa shape index (κ1) is 18.1. The molecular weight excluding hydrogens is 262 g/mol. The molecule has 4 heteroatoms. The van der Waals surface area contributed by atoms with Gasteiger partial charge in [-0.2, -0.15) is 0 Å². The van der Waals surface area contributed by atoms with Crippen molar-refractivity contribution in [2.24, 2.45) is 5.92 Å². The summed E-state index contributed by atoms with van der Waals surface area (Å²) in [6.45, 7) is 12.8. The Bertz CT molecular complexity index is 407. The zero-order valence-corrected chi connectivity index (χ0v) is 14.5. The van der Waals surface area contributed by atoms with E-state index < -0.39 is 0 Å².